The minimum atomic E-state index is 0.706. The molecule has 2 heterocycles. The number of hydrogen-bond acceptors (Lipinski definition) is 1. The summed E-state index contributed by atoms with van der Waals surface area (Å²) in [6.07, 6.45) is 0. The van der Waals surface area contributed by atoms with Crippen LogP contribution >= 0.6 is 11.6 Å². The van der Waals surface area contributed by atoms with Crippen LogP contribution in [-0.4, -0.2) is 4.57 Å². The summed E-state index contributed by atoms with van der Waals surface area (Å²) in [7, 11) is 0. The molecule has 0 aliphatic carbocycles. The first-order valence-corrected chi connectivity index (χ1v) is 11.4. The van der Waals surface area contributed by atoms with E-state index >= 15 is 0 Å². The molecule has 5 aromatic carbocycles. The van der Waals surface area contributed by atoms with Crippen molar-refractivity contribution in [2.45, 2.75) is 0 Å². The van der Waals surface area contributed by atoms with Crippen LogP contribution in [0.25, 0.3) is 60.6 Å². The van der Waals surface area contributed by atoms with Gasteiger partial charge in [0.15, 0.2) is 0 Å². The van der Waals surface area contributed by atoms with Crippen LogP contribution in [0.15, 0.2) is 114 Å². The number of nitrogens with zero attached hydrogens (tertiary/aromatic N) is 1. The van der Waals surface area contributed by atoms with Crippen LogP contribution in [0.3, 0.4) is 0 Å². The molecule has 0 saturated carbocycles. The Balaban J connectivity index is 1.67. The number of halogens is 1. The molecule has 33 heavy (non-hydrogen) atoms. The largest absolute Gasteiger partial charge is 0.456 e. The van der Waals surface area contributed by atoms with Gasteiger partial charge in [-0.15, -0.1) is 0 Å². The topological polar surface area (TPSA) is 18.1 Å². The fraction of sp³-hybridized carbons (Fsp3) is 0. The lowest BCUT2D eigenvalue weighted by atomic mass is 9.95. The number of benzene rings is 5. The summed E-state index contributed by atoms with van der Waals surface area (Å²) < 4.78 is 8.52. The van der Waals surface area contributed by atoms with E-state index in [0.29, 0.717) is 5.02 Å². The zero-order chi connectivity index (χ0) is 21.9. The Morgan fingerprint density at radius 3 is 2.00 bits per heavy atom. The second kappa shape index (κ2) is 6.99. The van der Waals surface area contributed by atoms with Crippen LogP contribution < -0.4 is 0 Å². The number of furan rings is 1. The van der Waals surface area contributed by atoms with Gasteiger partial charge in [0.05, 0.1) is 16.1 Å². The summed E-state index contributed by atoms with van der Waals surface area (Å²) in [5.41, 5.74) is 7.47. The minimum absolute atomic E-state index is 0.706. The number of aromatic nitrogens is 1. The molecule has 0 fully saturated rings. The van der Waals surface area contributed by atoms with E-state index in [2.05, 4.69) is 89.5 Å². The van der Waals surface area contributed by atoms with Gasteiger partial charge in [0.1, 0.15) is 11.2 Å². The maximum Gasteiger partial charge on any atom is 0.136 e. The lowest BCUT2D eigenvalue weighted by molar-refractivity contribution is 0.669. The summed E-state index contributed by atoms with van der Waals surface area (Å²) in [4.78, 5) is 0. The average Bonchev–Trinajstić information content (AvgIpc) is 3.41. The van der Waals surface area contributed by atoms with Gasteiger partial charge in [-0.2, -0.15) is 0 Å². The maximum atomic E-state index is 6.67. The van der Waals surface area contributed by atoms with Crippen LogP contribution in [0, 0.1) is 0 Å². The highest BCUT2D eigenvalue weighted by Crippen LogP contribution is 2.44. The van der Waals surface area contributed by atoms with Gasteiger partial charge in [0.25, 0.3) is 0 Å². The van der Waals surface area contributed by atoms with Crippen LogP contribution in [0.5, 0.6) is 0 Å². The zero-order valence-electron chi connectivity index (χ0n) is 17.6. The molecule has 2 aromatic heterocycles. The molecule has 0 bridgehead atoms. The average molecular weight is 444 g/mol. The van der Waals surface area contributed by atoms with Gasteiger partial charge in [-0.25, -0.2) is 0 Å². The Labute approximate surface area is 195 Å². The molecule has 3 heteroatoms. The molecule has 0 radical (unpaired) electrons. The third kappa shape index (κ3) is 2.62. The predicted octanol–water partition coefficient (Wildman–Crippen LogP) is 9.00. The molecule has 0 N–H and O–H groups in total. The number of hydrogen-bond donors (Lipinski definition) is 0. The minimum Gasteiger partial charge on any atom is -0.456 e. The Hall–Kier alpha value is -4.01. The second-order valence-corrected chi connectivity index (χ2v) is 8.69. The first kappa shape index (κ1) is 18.6. The van der Waals surface area contributed by atoms with Crippen LogP contribution in [0.1, 0.15) is 0 Å². The maximum absolute atomic E-state index is 6.67. The van der Waals surface area contributed by atoms with Crippen molar-refractivity contribution in [2.24, 2.45) is 0 Å². The third-order valence-corrected chi connectivity index (χ3v) is 6.79. The lowest BCUT2D eigenvalue weighted by Crippen LogP contribution is -1.92. The third-order valence-electron chi connectivity index (χ3n) is 6.47. The van der Waals surface area contributed by atoms with Gasteiger partial charge < -0.3 is 8.98 Å². The highest BCUT2D eigenvalue weighted by atomic mass is 35.5. The number of fused-ring (bicyclic) bond motifs is 6. The summed E-state index contributed by atoms with van der Waals surface area (Å²) in [5, 5.41) is 5.18. The standard InChI is InChI=1S/C30H18ClNO/c31-23-14-8-18-27-30(23)29-21(13-7-17-26(29)33-27)20-12-6-16-25-28(20)22-11-4-5-15-24(22)32(25)19-9-2-1-3-10-19/h1-18H. The van der Waals surface area contributed by atoms with Crippen molar-refractivity contribution < 1.29 is 4.42 Å². The van der Waals surface area contributed by atoms with Crippen molar-refractivity contribution >= 4 is 55.3 Å². The molecule has 0 saturated heterocycles. The first-order valence-electron chi connectivity index (χ1n) is 11.0. The molecule has 0 atom stereocenters. The number of rotatable bonds is 2. The molecule has 7 rings (SSSR count). The predicted molar refractivity (Wildman–Crippen MR) is 139 cm³/mol. The fourth-order valence-corrected chi connectivity index (χ4v) is 5.41. The van der Waals surface area contributed by atoms with E-state index in [1.54, 1.807) is 0 Å². The van der Waals surface area contributed by atoms with E-state index in [1.165, 1.54) is 27.4 Å². The summed E-state index contributed by atoms with van der Waals surface area (Å²) in [6.45, 7) is 0. The molecule has 7 aromatic rings. The number of para-hydroxylation sites is 2. The van der Waals surface area contributed by atoms with Crippen molar-refractivity contribution in [3.8, 4) is 16.8 Å². The van der Waals surface area contributed by atoms with Crippen LogP contribution in [0.4, 0.5) is 0 Å². The van der Waals surface area contributed by atoms with E-state index in [4.69, 9.17) is 16.0 Å². The first-order chi connectivity index (χ1) is 16.3. The van der Waals surface area contributed by atoms with Gasteiger partial charge in [-0.1, -0.05) is 78.3 Å². The molecule has 0 aliphatic heterocycles. The molecule has 2 nitrogen and oxygen atoms in total. The molecule has 156 valence electrons. The smallest absolute Gasteiger partial charge is 0.136 e. The zero-order valence-corrected chi connectivity index (χ0v) is 18.4. The molecular weight excluding hydrogens is 426 g/mol. The van der Waals surface area contributed by atoms with Gasteiger partial charge >= 0.3 is 0 Å². The summed E-state index contributed by atoms with van der Waals surface area (Å²) >= 11 is 6.67. The molecule has 0 spiro atoms. The SMILES string of the molecule is Clc1cccc2oc3cccc(-c4cccc5c4c4ccccc4n5-c4ccccc4)c3c12. The molecule has 0 unspecified atom stereocenters. The molecule has 0 amide bonds. The van der Waals surface area contributed by atoms with Crippen molar-refractivity contribution in [1.29, 1.82) is 0 Å². The van der Waals surface area contributed by atoms with Crippen molar-refractivity contribution in [1.82, 2.24) is 4.57 Å². The van der Waals surface area contributed by atoms with Gasteiger partial charge in [-0.05, 0) is 53.6 Å². The van der Waals surface area contributed by atoms with E-state index in [0.717, 1.165) is 33.2 Å². The van der Waals surface area contributed by atoms with Crippen molar-refractivity contribution in [3.05, 3.63) is 114 Å². The Bertz CT molecular complexity index is 1830. The lowest BCUT2D eigenvalue weighted by Gasteiger charge is -2.09. The van der Waals surface area contributed by atoms with Crippen LogP contribution in [0.2, 0.25) is 5.02 Å². The Morgan fingerprint density at radius 1 is 0.515 bits per heavy atom. The van der Waals surface area contributed by atoms with Crippen LogP contribution in [-0.2, 0) is 0 Å². The van der Waals surface area contributed by atoms with Gasteiger partial charge in [0, 0.05) is 27.2 Å². The van der Waals surface area contributed by atoms with Gasteiger partial charge in [0.2, 0.25) is 0 Å². The second-order valence-electron chi connectivity index (χ2n) is 8.28. The Morgan fingerprint density at radius 2 is 1.15 bits per heavy atom. The Kier molecular flexibility index (Phi) is 3.93. The van der Waals surface area contributed by atoms with Crippen molar-refractivity contribution in [3.63, 3.8) is 0 Å². The van der Waals surface area contributed by atoms with E-state index < -0.39 is 0 Å². The fourth-order valence-electron chi connectivity index (χ4n) is 5.15. The summed E-state index contributed by atoms with van der Waals surface area (Å²) in [6, 6.07) is 37.8. The van der Waals surface area contributed by atoms with E-state index in [1.807, 2.05) is 24.3 Å². The normalized spacial score (nSPS) is 11.8. The quantitative estimate of drug-likeness (QED) is 0.260. The monoisotopic (exact) mass is 443 g/mol. The molecule has 0 aliphatic rings. The highest BCUT2D eigenvalue weighted by Gasteiger charge is 2.19. The van der Waals surface area contributed by atoms with E-state index in [-0.39, 0.29) is 0 Å². The molecular formula is C30H18ClNO. The van der Waals surface area contributed by atoms with Crippen molar-refractivity contribution in [2.75, 3.05) is 0 Å². The van der Waals surface area contributed by atoms with Gasteiger partial charge in [-0.3, -0.25) is 0 Å². The summed E-state index contributed by atoms with van der Waals surface area (Å²) in [5.74, 6) is 0. The highest BCUT2D eigenvalue weighted by molar-refractivity contribution is 6.38. The van der Waals surface area contributed by atoms with E-state index in [9.17, 15) is 0 Å².